The Kier molecular flexibility index (Phi) is 7.75. The SMILES string of the molecule is CCC(O)(CCc1cncc([C@@](O)(c2ccc(C(C)C)cc2)C2(C)CN(C)C2)c1)c1cccc(OC)n1. The second-order valence-corrected chi connectivity index (χ2v) is 11.3. The van der Waals surface area contributed by atoms with E-state index in [0.29, 0.717) is 36.8 Å². The zero-order valence-electron chi connectivity index (χ0n) is 23.0. The van der Waals surface area contributed by atoms with Crippen LogP contribution in [-0.4, -0.2) is 52.3 Å². The van der Waals surface area contributed by atoms with Crippen LogP contribution in [0, 0.1) is 5.41 Å². The minimum Gasteiger partial charge on any atom is -0.481 e. The van der Waals surface area contributed by atoms with Crippen LogP contribution in [0.15, 0.2) is 60.9 Å². The van der Waals surface area contributed by atoms with Gasteiger partial charge >= 0.3 is 0 Å². The number of aromatic nitrogens is 2. The van der Waals surface area contributed by atoms with Gasteiger partial charge in [-0.2, -0.15) is 0 Å². The summed E-state index contributed by atoms with van der Waals surface area (Å²) in [5.41, 5.74) is 1.87. The number of nitrogens with zero attached hydrogens (tertiary/aromatic N) is 3. The Labute approximate surface area is 221 Å². The molecule has 4 rings (SSSR count). The van der Waals surface area contributed by atoms with Crippen LogP contribution in [0.3, 0.4) is 0 Å². The average Bonchev–Trinajstić information content (AvgIpc) is 2.90. The summed E-state index contributed by atoms with van der Waals surface area (Å²) in [7, 11) is 3.66. The third-order valence-electron chi connectivity index (χ3n) is 8.14. The second-order valence-electron chi connectivity index (χ2n) is 11.3. The Hall–Kier alpha value is -2.80. The smallest absolute Gasteiger partial charge is 0.213 e. The van der Waals surface area contributed by atoms with Crippen LogP contribution in [0.4, 0.5) is 0 Å². The van der Waals surface area contributed by atoms with Crippen LogP contribution in [0.1, 0.15) is 74.4 Å². The summed E-state index contributed by atoms with van der Waals surface area (Å²) in [6.45, 7) is 10.0. The van der Waals surface area contributed by atoms with E-state index in [2.05, 4.69) is 73.0 Å². The number of aliphatic hydroxyl groups is 2. The van der Waals surface area contributed by atoms with Crippen molar-refractivity contribution in [2.75, 3.05) is 27.2 Å². The van der Waals surface area contributed by atoms with E-state index < -0.39 is 11.2 Å². The lowest BCUT2D eigenvalue weighted by Gasteiger charge is -2.56. The number of pyridine rings is 2. The maximum atomic E-state index is 12.5. The summed E-state index contributed by atoms with van der Waals surface area (Å²) in [5.74, 6) is 0.911. The van der Waals surface area contributed by atoms with E-state index in [4.69, 9.17) is 4.74 Å². The highest BCUT2D eigenvalue weighted by Gasteiger charge is 2.55. The first-order valence-electron chi connectivity index (χ1n) is 13.2. The number of hydrogen-bond donors (Lipinski definition) is 2. The van der Waals surface area contributed by atoms with Gasteiger partial charge in [0.15, 0.2) is 0 Å². The van der Waals surface area contributed by atoms with Crippen LogP contribution in [0.2, 0.25) is 0 Å². The average molecular weight is 504 g/mol. The Morgan fingerprint density at radius 1 is 1.05 bits per heavy atom. The molecule has 1 aliphatic rings. The predicted octanol–water partition coefficient (Wildman–Crippen LogP) is 5.03. The maximum Gasteiger partial charge on any atom is 0.213 e. The molecular formula is C31H41N3O3. The molecule has 0 radical (unpaired) electrons. The summed E-state index contributed by atoms with van der Waals surface area (Å²) in [6, 6.07) is 15.9. The molecule has 0 bridgehead atoms. The van der Waals surface area contributed by atoms with E-state index in [-0.39, 0.29) is 5.41 Å². The maximum absolute atomic E-state index is 12.5. The van der Waals surface area contributed by atoms with Crippen molar-refractivity contribution in [1.82, 2.24) is 14.9 Å². The first kappa shape index (κ1) is 27.2. The van der Waals surface area contributed by atoms with Crippen molar-refractivity contribution >= 4 is 0 Å². The molecule has 1 fully saturated rings. The van der Waals surface area contributed by atoms with Crippen LogP contribution in [-0.2, 0) is 17.6 Å². The second kappa shape index (κ2) is 10.5. The van der Waals surface area contributed by atoms with Crippen molar-refractivity contribution in [2.24, 2.45) is 5.41 Å². The molecule has 2 atom stereocenters. The molecule has 1 unspecified atom stereocenters. The van der Waals surface area contributed by atoms with Gasteiger partial charge in [-0.25, -0.2) is 4.98 Å². The zero-order chi connectivity index (χ0) is 26.8. The van der Waals surface area contributed by atoms with Gasteiger partial charge < -0.3 is 19.8 Å². The summed E-state index contributed by atoms with van der Waals surface area (Å²) >= 11 is 0. The number of benzene rings is 1. The third kappa shape index (κ3) is 5.15. The van der Waals surface area contributed by atoms with Crippen molar-refractivity contribution in [3.05, 3.63) is 88.9 Å². The largest absolute Gasteiger partial charge is 0.481 e. The van der Waals surface area contributed by atoms with E-state index in [1.54, 1.807) is 19.4 Å². The molecular weight excluding hydrogens is 462 g/mol. The first-order chi connectivity index (χ1) is 17.5. The van der Waals surface area contributed by atoms with Gasteiger partial charge in [-0.05, 0) is 61.1 Å². The normalized spacial score (nSPS) is 18.6. The molecule has 1 aromatic carbocycles. The highest BCUT2D eigenvalue weighted by molar-refractivity contribution is 5.42. The molecule has 0 saturated carbocycles. The lowest BCUT2D eigenvalue weighted by Crippen LogP contribution is -2.63. The number of methoxy groups -OCH3 is 1. The molecule has 0 spiro atoms. The molecule has 3 heterocycles. The van der Waals surface area contributed by atoms with Crippen molar-refractivity contribution < 1.29 is 14.9 Å². The predicted molar refractivity (Wildman–Crippen MR) is 147 cm³/mol. The standard InChI is InChI=1S/C31H41N3O3/c1-7-30(35,27-9-8-10-28(33-27)37-6)16-15-23-17-26(19-32-18-23)31(36,29(4)20-34(5)21-29)25-13-11-24(12-14-25)22(2)3/h8-14,17-19,22,35-36H,7,15-16,20-21H2,1-6H3/t30?,31-/m0/s1. The number of ether oxygens (including phenoxy) is 1. The van der Waals surface area contributed by atoms with Gasteiger partial charge in [-0.15, -0.1) is 0 Å². The molecule has 2 N–H and O–H groups in total. The van der Waals surface area contributed by atoms with Crippen LogP contribution < -0.4 is 4.74 Å². The van der Waals surface area contributed by atoms with E-state index in [1.807, 2.05) is 25.3 Å². The van der Waals surface area contributed by atoms with Gasteiger partial charge in [0.2, 0.25) is 5.88 Å². The van der Waals surface area contributed by atoms with Gasteiger partial charge in [0, 0.05) is 42.5 Å². The topological polar surface area (TPSA) is 78.7 Å². The Bertz CT molecular complexity index is 1210. The highest BCUT2D eigenvalue weighted by atomic mass is 16.5. The summed E-state index contributed by atoms with van der Waals surface area (Å²) in [6.07, 6.45) is 5.23. The molecule has 0 aliphatic carbocycles. The van der Waals surface area contributed by atoms with Crippen molar-refractivity contribution in [3.8, 4) is 5.88 Å². The van der Waals surface area contributed by atoms with E-state index in [9.17, 15) is 10.2 Å². The minimum absolute atomic E-state index is 0.351. The fourth-order valence-electron chi connectivity index (χ4n) is 5.79. The lowest BCUT2D eigenvalue weighted by atomic mass is 9.62. The fraction of sp³-hybridized carbons (Fsp3) is 0.484. The molecule has 2 aromatic heterocycles. The minimum atomic E-state index is -1.19. The summed E-state index contributed by atoms with van der Waals surface area (Å²) < 4.78 is 5.26. The van der Waals surface area contributed by atoms with E-state index in [0.717, 1.165) is 29.8 Å². The first-order valence-corrected chi connectivity index (χ1v) is 13.2. The van der Waals surface area contributed by atoms with Crippen LogP contribution in [0.5, 0.6) is 5.88 Å². The van der Waals surface area contributed by atoms with Crippen molar-refractivity contribution in [3.63, 3.8) is 0 Å². The zero-order valence-corrected chi connectivity index (χ0v) is 23.0. The Morgan fingerprint density at radius 3 is 2.35 bits per heavy atom. The van der Waals surface area contributed by atoms with Gasteiger partial charge in [0.25, 0.3) is 0 Å². The van der Waals surface area contributed by atoms with Gasteiger partial charge in [0.1, 0.15) is 11.2 Å². The van der Waals surface area contributed by atoms with Gasteiger partial charge in [0.05, 0.1) is 12.8 Å². The molecule has 3 aromatic rings. The lowest BCUT2D eigenvalue weighted by molar-refractivity contribution is -0.127. The molecule has 6 nitrogen and oxygen atoms in total. The van der Waals surface area contributed by atoms with Gasteiger partial charge in [-0.1, -0.05) is 58.0 Å². The number of hydrogen-bond acceptors (Lipinski definition) is 6. The molecule has 1 aliphatic heterocycles. The fourth-order valence-corrected chi connectivity index (χ4v) is 5.79. The van der Waals surface area contributed by atoms with Crippen LogP contribution >= 0.6 is 0 Å². The third-order valence-corrected chi connectivity index (χ3v) is 8.14. The number of likely N-dealkylation sites (tertiary alicyclic amines) is 1. The molecule has 6 heteroatoms. The molecule has 37 heavy (non-hydrogen) atoms. The van der Waals surface area contributed by atoms with Crippen molar-refractivity contribution in [1.29, 1.82) is 0 Å². The molecule has 1 saturated heterocycles. The summed E-state index contributed by atoms with van der Waals surface area (Å²) in [4.78, 5) is 11.3. The Balaban J connectivity index is 1.66. The van der Waals surface area contributed by atoms with Gasteiger partial charge in [-0.3, -0.25) is 4.98 Å². The van der Waals surface area contributed by atoms with E-state index in [1.165, 1.54) is 5.56 Å². The van der Waals surface area contributed by atoms with Crippen LogP contribution in [0.25, 0.3) is 0 Å². The van der Waals surface area contributed by atoms with Crippen molar-refractivity contribution in [2.45, 2.75) is 64.1 Å². The monoisotopic (exact) mass is 503 g/mol. The number of rotatable bonds is 10. The molecule has 0 amide bonds. The van der Waals surface area contributed by atoms with E-state index >= 15 is 0 Å². The molecule has 198 valence electrons. The number of aryl methyl sites for hydroxylation is 1. The summed E-state index contributed by atoms with van der Waals surface area (Å²) in [5, 5.41) is 23.9. The highest BCUT2D eigenvalue weighted by Crippen LogP contribution is 2.50. The Morgan fingerprint density at radius 2 is 1.76 bits per heavy atom. The quantitative estimate of drug-likeness (QED) is 0.404.